The molecule has 1 aromatic heterocycles. The molecule has 5 aromatic rings. The predicted octanol–water partition coefficient (Wildman–Crippen LogP) is 6.53. The number of hydrogen-bond donors (Lipinski definition) is 0. The van der Waals surface area contributed by atoms with Gasteiger partial charge in [-0.25, -0.2) is 4.98 Å². The van der Waals surface area contributed by atoms with Crippen molar-refractivity contribution in [3.63, 3.8) is 0 Å². The second kappa shape index (κ2) is 11.5. The van der Waals surface area contributed by atoms with E-state index in [1.807, 2.05) is 53.1 Å². The van der Waals surface area contributed by atoms with E-state index >= 15 is 0 Å². The van der Waals surface area contributed by atoms with Crippen LogP contribution >= 0.6 is 0 Å². The van der Waals surface area contributed by atoms with Crippen molar-refractivity contribution < 1.29 is 14.3 Å². The minimum absolute atomic E-state index is 0.0578. The Morgan fingerprint density at radius 3 is 2.32 bits per heavy atom. The lowest BCUT2D eigenvalue weighted by molar-refractivity contribution is -0.120. The maximum absolute atomic E-state index is 13.9. The minimum Gasteiger partial charge on any atom is -0.486 e. The van der Waals surface area contributed by atoms with Crippen molar-refractivity contribution in [1.29, 1.82) is 0 Å². The van der Waals surface area contributed by atoms with Crippen LogP contribution in [0.25, 0.3) is 21.8 Å². The maximum Gasteiger partial charge on any atom is 0.248 e. The highest BCUT2D eigenvalue weighted by Gasteiger charge is 2.23. The summed E-state index contributed by atoms with van der Waals surface area (Å²) in [5.41, 5.74) is 4.94. The normalized spacial score (nSPS) is 11.2. The van der Waals surface area contributed by atoms with Crippen LogP contribution in [0.15, 0.2) is 84.9 Å². The Morgan fingerprint density at radius 1 is 0.868 bits per heavy atom. The quantitative estimate of drug-likeness (QED) is 0.202. The van der Waals surface area contributed by atoms with Crippen LogP contribution in [0, 0.1) is 0 Å². The highest BCUT2D eigenvalue weighted by molar-refractivity contribution is 5.95. The number of nitrogens with zero attached hydrogens (tertiary/aromatic N) is 3. The van der Waals surface area contributed by atoms with Crippen molar-refractivity contribution in [2.75, 3.05) is 18.7 Å². The molecule has 194 valence electrons. The van der Waals surface area contributed by atoms with Crippen molar-refractivity contribution in [2.45, 2.75) is 39.8 Å². The van der Waals surface area contributed by atoms with Gasteiger partial charge in [-0.15, -0.1) is 0 Å². The Labute approximate surface area is 223 Å². The summed E-state index contributed by atoms with van der Waals surface area (Å²) in [4.78, 5) is 20.5. The van der Waals surface area contributed by atoms with Gasteiger partial charge >= 0.3 is 0 Å². The Hall–Kier alpha value is -4.16. The Morgan fingerprint density at radius 2 is 1.58 bits per heavy atom. The summed E-state index contributed by atoms with van der Waals surface area (Å²) in [5.74, 6) is 1.40. The zero-order valence-corrected chi connectivity index (χ0v) is 22.2. The fourth-order valence-corrected chi connectivity index (χ4v) is 4.99. The molecule has 0 unspecified atom stereocenters. The molecule has 0 bridgehead atoms. The van der Waals surface area contributed by atoms with Crippen molar-refractivity contribution in [3.05, 3.63) is 102 Å². The van der Waals surface area contributed by atoms with Gasteiger partial charge in [0.25, 0.3) is 0 Å². The van der Waals surface area contributed by atoms with Crippen LogP contribution in [0.1, 0.15) is 30.8 Å². The second-order valence-corrected chi connectivity index (χ2v) is 9.27. The standard InChI is InChI=1S/C32H33N3O3/c1-4-23-13-10-14-24(5-2)32(23)35(22-37-3)31(36)20-34-29-16-9-8-15-28(29)33-30(34)21-38-27-18-17-25-11-6-7-12-26(25)19-27/h6-19H,4-5,20-22H2,1-3H3. The van der Waals surface area contributed by atoms with Crippen molar-refractivity contribution in [3.8, 4) is 5.75 Å². The molecule has 1 amide bonds. The molecular formula is C32H33N3O3. The van der Waals surface area contributed by atoms with Gasteiger partial charge in [0.15, 0.2) is 0 Å². The Balaban J connectivity index is 1.47. The van der Waals surface area contributed by atoms with E-state index in [0.717, 1.165) is 57.2 Å². The van der Waals surface area contributed by atoms with E-state index < -0.39 is 0 Å². The molecule has 0 aliphatic heterocycles. The average Bonchev–Trinajstić information content (AvgIpc) is 3.31. The lowest BCUT2D eigenvalue weighted by atomic mass is 10.0. The first kappa shape index (κ1) is 25.5. The number of benzene rings is 4. The van der Waals surface area contributed by atoms with E-state index in [2.05, 4.69) is 50.2 Å². The molecule has 0 aliphatic carbocycles. The van der Waals surface area contributed by atoms with E-state index in [0.29, 0.717) is 5.82 Å². The number of carbonyl (C=O) groups is 1. The first-order chi connectivity index (χ1) is 18.6. The summed E-state index contributed by atoms with van der Waals surface area (Å²) in [6.45, 7) is 4.77. The second-order valence-electron chi connectivity index (χ2n) is 9.27. The molecule has 0 saturated carbocycles. The van der Waals surface area contributed by atoms with E-state index in [1.165, 1.54) is 0 Å². The van der Waals surface area contributed by atoms with Gasteiger partial charge in [-0.3, -0.25) is 9.69 Å². The highest BCUT2D eigenvalue weighted by atomic mass is 16.5. The number of para-hydroxylation sites is 3. The molecular weight excluding hydrogens is 474 g/mol. The monoisotopic (exact) mass is 507 g/mol. The number of anilines is 1. The number of hydrogen-bond acceptors (Lipinski definition) is 4. The summed E-state index contributed by atoms with van der Waals surface area (Å²) < 4.78 is 13.7. The molecule has 0 N–H and O–H groups in total. The molecule has 0 radical (unpaired) electrons. The number of methoxy groups -OCH3 is 1. The highest BCUT2D eigenvalue weighted by Crippen LogP contribution is 2.28. The van der Waals surface area contributed by atoms with Gasteiger partial charge in [-0.05, 0) is 59.0 Å². The summed E-state index contributed by atoms with van der Waals surface area (Å²) in [7, 11) is 1.62. The molecule has 0 atom stereocenters. The largest absolute Gasteiger partial charge is 0.486 e. The van der Waals surface area contributed by atoms with Crippen LogP contribution in [0.3, 0.4) is 0 Å². The smallest absolute Gasteiger partial charge is 0.248 e. The maximum atomic E-state index is 13.9. The average molecular weight is 508 g/mol. The van der Waals surface area contributed by atoms with Crippen LogP contribution < -0.4 is 9.64 Å². The molecule has 0 saturated heterocycles. The van der Waals surface area contributed by atoms with Gasteiger partial charge in [0.1, 0.15) is 31.5 Å². The first-order valence-electron chi connectivity index (χ1n) is 13.1. The van der Waals surface area contributed by atoms with Crippen molar-refractivity contribution in [2.24, 2.45) is 0 Å². The fraction of sp³-hybridized carbons (Fsp3) is 0.250. The third-order valence-corrected chi connectivity index (χ3v) is 6.91. The van der Waals surface area contributed by atoms with E-state index in [1.54, 1.807) is 12.0 Å². The fourth-order valence-electron chi connectivity index (χ4n) is 4.99. The lowest BCUT2D eigenvalue weighted by Crippen LogP contribution is -2.37. The van der Waals surface area contributed by atoms with E-state index in [-0.39, 0.29) is 25.8 Å². The molecule has 0 spiro atoms. The van der Waals surface area contributed by atoms with Crippen molar-refractivity contribution >= 4 is 33.4 Å². The topological polar surface area (TPSA) is 56.6 Å². The van der Waals surface area contributed by atoms with Crippen molar-refractivity contribution in [1.82, 2.24) is 9.55 Å². The number of imidazole rings is 1. The summed E-state index contributed by atoms with van der Waals surface area (Å²) >= 11 is 0. The van der Waals surface area contributed by atoms with Crippen LogP contribution in [0.4, 0.5) is 5.69 Å². The molecule has 5 rings (SSSR count). The van der Waals surface area contributed by atoms with E-state index in [4.69, 9.17) is 14.5 Å². The molecule has 1 heterocycles. The number of rotatable bonds is 10. The molecule has 0 aliphatic rings. The predicted molar refractivity (Wildman–Crippen MR) is 153 cm³/mol. The van der Waals surface area contributed by atoms with Crippen LogP contribution in [0.2, 0.25) is 0 Å². The van der Waals surface area contributed by atoms with Crippen LogP contribution in [-0.2, 0) is 35.5 Å². The number of aryl methyl sites for hydroxylation is 2. The summed E-state index contributed by atoms with van der Waals surface area (Å²) in [6, 6.07) is 28.3. The molecule has 38 heavy (non-hydrogen) atoms. The molecule has 6 nitrogen and oxygen atoms in total. The Bertz CT molecular complexity index is 1550. The van der Waals surface area contributed by atoms with Gasteiger partial charge in [-0.1, -0.05) is 74.5 Å². The van der Waals surface area contributed by atoms with Gasteiger partial charge in [0.05, 0.1) is 16.7 Å². The number of amides is 1. The zero-order chi connectivity index (χ0) is 26.5. The van der Waals surface area contributed by atoms with Gasteiger partial charge < -0.3 is 14.0 Å². The third kappa shape index (κ3) is 5.13. The Kier molecular flexibility index (Phi) is 7.70. The SMILES string of the molecule is CCc1cccc(CC)c1N(COC)C(=O)Cn1c(COc2ccc3ccccc3c2)nc2ccccc21. The molecule has 4 aromatic carbocycles. The van der Waals surface area contributed by atoms with Gasteiger partial charge in [0, 0.05) is 7.11 Å². The summed E-state index contributed by atoms with van der Waals surface area (Å²) in [6.07, 6.45) is 1.66. The lowest BCUT2D eigenvalue weighted by Gasteiger charge is -2.27. The van der Waals surface area contributed by atoms with Crippen LogP contribution in [-0.4, -0.2) is 29.3 Å². The van der Waals surface area contributed by atoms with Gasteiger partial charge in [0.2, 0.25) is 5.91 Å². The first-order valence-corrected chi connectivity index (χ1v) is 13.1. The molecule has 0 fully saturated rings. The third-order valence-electron chi connectivity index (χ3n) is 6.91. The van der Waals surface area contributed by atoms with E-state index in [9.17, 15) is 4.79 Å². The minimum atomic E-state index is -0.0578. The number of ether oxygens (including phenoxy) is 2. The number of carbonyl (C=O) groups excluding carboxylic acids is 1. The number of aromatic nitrogens is 2. The van der Waals surface area contributed by atoms with Crippen LogP contribution in [0.5, 0.6) is 5.75 Å². The zero-order valence-electron chi connectivity index (χ0n) is 22.2. The molecule has 6 heteroatoms. The summed E-state index contributed by atoms with van der Waals surface area (Å²) in [5, 5.41) is 2.28. The number of fused-ring (bicyclic) bond motifs is 2. The van der Waals surface area contributed by atoms with Gasteiger partial charge in [-0.2, -0.15) is 0 Å².